The molecule has 2 aromatic carbocycles. The molecular weight excluding hydrogens is 410 g/mol. The van der Waals surface area contributed by atoms with Gasteiger partial charge in [-0.1, -0.05) is 35.0 Å². The van der Waals surface area contributed by atoms with Crippen molar-refractivity contribution in [2.75, 3.05) is 24.7 Å². The van der Waals surface area contributed by atoms with Crippen LogP contribution >= 0.6 is 23.4 Å². The number of carbonyl (C=O) groups is 1. The molecule has 29 heavy (non-hydrogen) atoms. The molecule has 0 atom stereocenters. The maximum atomic E-state index is 12.2. The number of benzene rings is 2. The number of nitrogens with zero attached hydrogens (tertiary/aromatic N) is 2. The number of hydrogen-bond acceptors (Lipinski definition) is 6. The zero-order chi connectivity index (χ0) is 20.3. The first-order valence-corrected chi connectivity index (χ1v) is 11.0. The number of carbonyl (C=O) groups excluding carboxylic acids is 1. The van der Waals surface area contributed by atoms with Gasteiger partial charge in [-0.2, -0.15) is 0 Å². The van der Waals surface area contributed by atoms with Crippen molar-refractivity contribution in [3.05, 3.63) is 59.1 Å². The van der Waals surface area contributed by atoms with Gasteiger partial charge in [-0.3, -0.25) is 5.32 Å². The van der Waals surface area contributed by atoms with E-state index in [2.05, 4.69) is 10.5 Å². The van der Waals surface area contributed by atoms with Gasteiger partial charge in [0, 0.05) is 48.0 Å². The number of halogens is 1. The van der Waals surface area contributed by atoms with E-state index >= 15 is 0 Å². The third-order valence-electron chi connectivity index (χ3n) is 5.18. The number of rotatable bonds is 4. The predicted molar refractivity (Wildman–Crippen MR) is 116 cm³/mol. The number of amides is 1. The van der Waals surface area contributed by atoms with Crippen LogP contribution in [-0.4, -0.2) is 41.8 Å². The van der Waals surface area contributed by atoms with E-state index in [4.69, 9.17) is 21.3 Å². The molecule has 1 spiro atoms. The summed E-state index contributed by atoms with van der Waals surface area (Å²) in [5.41, 5.74) is 2.35. The summed E-state index contributed by atoms with van der Waals surface area (Å²) in [6.07, 6.45) is 3.74. The smallest absolute Gasteiger partial charge is 0.388 e. The van der Waals surface area contributed by atoms with Gasteiger partial charge < -0.3 is 9.68 Å². The van der Waals surface area contributed by atoms with Gasteiger partial charge in [0.15, 0.2) is 0 Å². The first kappa shape index (κ1) is 20.1. The Labute approximate surface area is 179 Å². The Hall–Kier alpha value is -2.22. The molecule has 0 radical (unpaired) electrons. The zero-order valence-electron chi connectivity index (χ0n) is 16.1. The van der Waals surface area contributed by atoms with E-state index in [0.717, 1.165) is 41.1 Å². The minimum atomic E-state index is -0.482. The highest BCUT2D eigenvalue weighted by molar-refractivity contribution is 7.98. The molecule has 0 aliphatic carbocycles. The van der Waals surface area contributed by atoms with Crippen molar-refractivity contribution in [3.63, 3.8) is 0 Å². The fraction of sp³-hybridized carbons (Fsp3) is 0.333. The van der Waals surface area contributed by atoms with Crippen LogP contribution in [0.2, 0.25) is 5.02 Å². The average molecular weight is 432 g/mol. The van der Waals surface area contributed by atoms with Crippen LogP contribution in [0, 0.1) is 0 Å². The molecule has 0 aromatic heterocycles. The molecule has 2 aliphatic rings. The average Bonchev–Trinajstić information content (AvgIpc) is 3.14. The second-order valence-corrected chi connectivity index (χ2v) is 8.48. The lowest BCUT2D eigenvalue weighted by Gasteiger charge is -2.35. The van der Waals surface area contributed by atoms with Gasteiger partial charge in [-0.25, -0.2) is 4.79 Å². The highest BCUT2D eigenvalue weighted by Gasteiger charge is 2.43. The minimum Gasteiger partial charge on any atom is -0.388 e. The largest absolute Gasteiger partial charge is 0.430 e. The third kappa shape index (κ3) is 4.86. The SMILES string of the molecule is CSc1cccc(NC(=O)ON2CCC3(CC2)CC(c2ccc(Cl)cc2)=NO3)c1. The molecule has 0 saturated carbocycles. The van der Waals surface area contributed by atoms with Gasteiger partial charge in [-0.15, -0.1) is 16.8 Å². The molecule has 0 unspecified atom stereocenters. The molecule has 1 saturated heterocycles. The molecule has 2 heterocycles. The van der Waals surface area contributed by atoms with Crippen molar-refractivity contribution in [2.24, 2.45) is 5.16 Å². The van der Waals surface area contributed by atoms with Crippen LogP contribution in [0.15, 0.2) is 58.6 Å². The monoisotopic (exact) mass is 431 g/mol. The Kier molecular flexibility index (Phi) is 5.99. The third-order valence-corrected chi connectivity index (χ3v) is 6.16. The quantitative estimate of drug-likeness (QED) is 0.675. The van der Waals surface area contributed by atoms with Gasteiger partial charge in [-0.05, 0) is 42.2 Å². The Morgan fingerprint density at radius 1 is 1.24 bits per heavy atom. The van der Waals surface area contributed by atoms with E-state index in [9.17, 15) is 4.79 Å². The van der Waals surface area contributed by atoms with Crippen LogP contribution in [0.25, 0.3) is 0 Å². The number of nitrogens with one attached hydrogen (secondary N) is 1. The van der Waals surface area contributed by atoms with Crippen molar-refractivity contribution in [1.82, 2.24) is 5.06 Å². The van der Waals surface area contributed by atoms with Crippen molar-refractivity contribution in [1.29, 1.82) is 0 Å². The van der Waals surface area contributed by atoms with Crippen LogP contribution in [0.3, 0.4) is 0 Å². The second kappa shape index (κ2) is 8.65. The highest BCUT2D eigenvalue weighted by Crippen LogP contribution is 2.36. The molecule has 152 valence electrons. The Balaban J connectivity index is 1.27. The number of hydroxylamine groups is 2. The molecular formula is C21H22ClN3O3S. The number of oxime groups is 1. The van der Waals surface area contributed by atoms with E-state index in [0.29, 0.717) is 18.1 Å². The van der Waals surface area contributed by atoms with Crippen molar-refractivity contribution in [3.8, 4) is 0 Å². The summed E-state index contributed by atoms with van der Waals surface area (Å²) in [4.78, 5) is 24.6. The summed E-state index contributed by atoms with van der Waals surface area (Å²) in [5, 5.41) is 9.46. The molecule has 1 amide bonds. The first-order valence-electron chi connectivity index (χ1n) is 9.44. The zero-order valence-corrected chi connectivity index (χ0v) is 17.6. The summed E-state index contributed by atoms with van der Waals surface area (Å²) < 4.78 is 0. The molecule has 0 bridgehead atoms. The lowest BCUT2D eigenvalue weighted by Crippen LogP contribution is -2.45. The van der Waals surface area contributed by atoms with Gasteiger partial charge in [0.2, 0.25) is 0 Å². The minimum absolute atomic E-state index is 0.321. The molecule has 2 aromatic rings. The molecule has 6 nitrogen and oxygen atoms in total. The maximum Gasteiger partial charge on any atom is 0.430 e. The number of anilines is 1. The molecule has 1 fully saturated rings. The fourth-order valence-electron chi connectivity index (χ4n) is 3.53. The van der Waals surface area contributed by atoms with Crippen molar-refractivity contribution >= 4 is 40.9 Å². The van der Waals surface area contributed by atoms with E-state index in [1.165, 1.54) is 0 Å². The molecule has 4 rings (SSSR count). The summed E-state index contributed by atoms with van der Waals surface area (Å²) >= 11 is 7.58. The van der Waals surface area contributed by atoms with Crippen molar-refractivity contribution in [2.45, 2.75) is 29.8 Å². The van der Waals surface area contributed by atoms with E-state index in [-0.39, 0.29) is 5.60 Å². The summed E-state index contributed by atoms with van der Waals surface area (Å²) in [6, 6.07) is 15.3. The van der Waals surface area contributed by atoms with E-state index in [1.807, 2.05) is 54.8 Å². The van der Waals surface area contributed by atoms with Gasteiger partial charge in [0.1, 0.15) is 5.60 Å². The lowest BCUT2D eigenvalue weighted by atomic mass is 9.86. The molecule has 1 N–H and O–H groups in total. The Morgan fingerprint density at radius 2 is 2.00 bits per heavy atom. The van der Waals surface area contributed by atoms with Gasteiger partial charge >= 0.3 is 6.09 Å². The van der Waals surface area contributed by atoms with Crippen LogP contribution in [0.1, 0.15) is 24.8 Å². The van der Waals surface area contributed by atoms with E-state index in [1.54, 1.807) is 16.8 Å². The normalized spacial score (nSPS) is 18.2. The number of piperidine rings is 1. The van der Waals surface area contributed by atoms with Gasteiger partial charge in [0.25, 0.3) is 0 Å². The summed E-state index contributed by atoms with van der Waals surface area (Å²) in [5.74, 6) is 0. The first-order chi connectivity index (χ1) is 14.0. The van der Waals surface area contributed by atoms with E-state index < -0.39 is 6.09 Å². The summed E-state index contributed by atoms with van der Waals surface area (Å²) in [6.45, 7) is 1.20. The Morgan fingerprint density at radius 3 is 2.72 bits per heavy atom. The van der Waals surface area contributed by atoms with Crippen LogP contribution < -0.4 is 5.32 Å². The maximum absolute atomic E-state index is 12.2. The van der Waals surface area contributed by atoms with Crippen LogP contribution in [-0.2, 0) is 9.68 Å². The number of thioether (sulfide) groups is 1. The van der Waals surface area contributed by atoms with Gasteiger partial charge in [0.05, 0.1) is 5.71 Å². The van der Waals surface area contributed by atoms with Crippen LogP contribution in [0.4, 0.5) is 10.5 Å². The fourth-order valence-corrected chi connectivity index (χ4v) is 4.12. The predicted octanol–water partition coefficient (Wildman–Crippen LogP) is 5.18. The lowest BCUT2D eigenvalue weighted by molar-refractivity contribution is -0.154. The highest BCUT2D eigenvalue weighted by atomic mass is 35.5. The molecule has 2 aliphatic heterocycles. The summed E-state index contributed by atoms with van der Waals surface area (Å²) in [7, 11) is 0. The number of hydrogen-bond donors (Lipinski definition) is 1. The Bertz CT molecular complexity index is 912. The van der Waals surface area contributed by atoms with Crippen LogP contribution in [0.5, 0.6) is 0 Å². The standard InChI is InChI=1S/C21H22ClN3O3S/c1-29-18-4-2-3-17(13-18)23-20(26)27-25-11-9-21(10-12-25)14-19(24-28-21)15-5-7-16(22)8-6-15/h2-8,13H,9-12,14H2,1H3,(H,23,26). The van der Waals surface area contributed by atoms with Crippen molar-refractivity contribution < 1.29 is 14.5 Å². The molecule has 8 heteroatoms. The topological polar surface area (TPSA) is 63.2 Å². The second-order valence-electron chi connectivity index (χ2n) is 7.16.